The highest BCUT2D eigenvalue weighted by Crippen LogP contribution is 2.43. The van der Waals surface area contributed by atoms with Gasteiger partial charge in [0.15, 0.2) is 11.5 Å². The zero-order chi connectivity index (χ0) is 22.7. The second kappa shape index (κ2) is 9.47. The summed E-state index contributed by atoms with van der Waals surface area (Å²) in [5.41, 5.74) is 6.52. The molecule has 1 heterocycles. The number of benzene rings is 3. The lowest BCUT2D eigenvalue weighted by Gasteiger charge is -2.38. The van der Waals surface area contributed by atoms with Gasteiger partial charge >= 0.3 is 0 Å². The molecule has 1 amide bonds. The van der Waals surface area contributed by atoms with Gasteiger partial charge in [0.25, 0.3) is 0 Å². The molecular weight excluding hydrogens is 398 g/mol. The third-order valence-corrected chi connectivity index (χ3v) is 5.98. The van der Waals surface area contributed by atoms with Crippen molar-refractivity contribution in [2.24, 2.45) is 0 Å². The van der Waals surface area contributed by atoms with Gasteiger partial charge in [0.05, 0.1) is 25.7 Å². The normalized spacial score (nSPS) is 15.4. The molecule has 0 unspecified atom stereocenters. The molecule has 0 N–H and O–H groups in total. The summed E-state index contributed by atoms with van der Waals surface area (Å²) in [5.74, 6) is 1.50. The summed E-state index contributed by atoms with van der Waals surface area (Å²) in [6.45, 7) is 9.23. The van der Waals surface area contributed by atoms with E-state index in [4.69, 9.17) is 9.47 Å². The predicted octanol–water partition coefficient (Wildman–Crippen LogP) is 6.03. The second-order valence-electron chi connectivity index (χ2n) is 8.14. The fourth-order valence-electron chi connectivity index (χ4n) is 4.36. The molecule has 3 aromatic rings. The maximum absolute atomic E-state index is 13.5. The molecule has 0 aliphatic carbocycles. The third-order valence-electron chi connectivity index (χ3n) is 5.98. The Morgan fingerprint density at radius 1 is 0.875 bits per heavy atom. The number of amides is 1. The summed E-state index contributed by atoms with van der Waals surface area (Å²) >= 11 is 0. The molecule has 1 aliphatic heterocycles. The lowest BCUT2D eigenvalue weighted by Crippen LogP contribution is -2.41. The van der Waals surface area contributed by atoms with Crippen LogP contribution in [0, 0.1) is 6.92 Å². The number of carbonyl (C=O) groups is 1. The predicted molar refractivity (Wildman–Crippen MR) is 129 cm³/mol. The molecule has 166 valence electrons. The van der Waals surface area contributed by atoms with E-state index in [1.54, 1.807) is 0 Å². The number of fused-ring (bicyclic) bond motifs is 1. The van der Waals surface area contributed by atoms with Crippen molar-refractivity contribution in [3.63, 3.8) is 0 Å². The Labute approximate surface area is 190 Å². The first-order valence-corrected chi connectivity index (χ1v) is 11.5. The highest BCUT2D eigenvalue weighted by molar-refractivity contribution is 5.98. The summed E-state index contributed by atoms with van der Waals surface area (Å²) in [6, 6.07) is 20.6. The van der Waals surface area contributed by atoms with Crippen LogP contribution in [0.25, 0.3) is 0 Å². The lowest BCUT2D eigenvalue weighted by molar-refractivity contribution is -0.118. The summed E-state index contributed by atoms with van der Waals surface area (Å²) in [7, 11) is 0. The van der Waals surface area contributed by atoms with Crippen LogP contribution < -0.4 is 14.4 Å². The first-order chi connectivity index (χ1) is 15.5. The Morgan fingerprint density at radius 3 is 2.09 bits per heavy atom. The van der Waals surface area contributed by atoms with E-state index < -0.39 is 0 Å². The first-order valence-electron chi connectivity index (χ1n) is 11.5. The average molecular weight is 430 g/mol. The highest BCUT2D eigenvalue weighted by atomic mass is 16.5. The van der Waals surface area contributed by atoms with Crippen LogP contribution in [0.1, 0.15) is 54.6 Å². The number of hydrogen-bond donors (Lipinski definition) is 0. The Morgan fingerprint density at radius 2 is 1.50 bits per heavy atom. The minimum Gasteiger partial charge on any atom is -0.490 e. The van der Waals surface area contributed by atoms with Gasteiger partial charge in [-0.05, 0) is 73.7 Å². The van der Waals surface area contributed by atoms with E-state index in [1.165, 1.54) is 11.1 Å². The molecule has 0 saturated carbocycles. The number of carbonyl (C=O) groups excluding carboxylic acids is 1. The lowest BCUT2D eigenvalue weighted by atomic mass is 9.86. The van der Waals surface area contributed by atoms with Crippen LogP contribution >= 0.6 is 0 Å². The van der Waals surface area contributed by atoms with Crippen molar-refractivity contribution in [2.45, 2.75) is 46.6 Å². The summed E-state index contributed by atoms with van der Waals surface area (Å²) < 4.78 is 11.8. The largest absolute Gasteiger partial charge is 0.490 e. The van der Waals surface area contributed by atoms with E-state index in [-0.39, 0.29) is 11.9 Å². The number of nitrogens with zero attached hydrogens (tertiary/aromatic N) is 1. The van der Waals surface area contributed by atoms with Crippen LogP contribution in [0.2, 0.25) is 0 Å². The van der Waals surface area contributed by atoms with Crippen LogP contribution in [0.15, 0.2) is 60.7 Å². The fourth-order valence-corrected chi connectivity index (χ4v) is 4.36. The van der Waals surface area contributed by atoms with Gasteiger partial charge < -0.3 is 14.4 Å². The Kier molecular flexibility index (Phi) is 6.50. The Balaban J connectivity index is 1.90. The van der Waals surface area contributed by atoms with E-state index in [0.717, 1.165) is 34.5 Å². The van der Waals surface area contributed by atoms with Crippen molar-refractivity contribution in [2.75, 3.05) is 18.1 Å². The van der Waals surface area contributed by atoms with Crippen LogP contribution in [0.5, 0.6) is 11.5 Å². The van der Waals surface area contributed by atoms with Gasteiger partial charge in [0.1, 0.15) is 0 Å². The van der Waals surface area contributed by atoms with Gasteiger partial charge in [-0.1, -0.05) is 48.9 Å². The van der Waals surface area contributed by atoms with Crippen molar-refractivity contribution in [3.8, 4) is 11.5 Å². The summed E-state index contributed by atoms with van der Waals surface area (Å²) in [4.78, 5) is 15.4. The average Bonchev–Trinajstić information content (AvgIpc) is 2.80. The minimum absolute atomic E-state index is 0.0810. The molecule has 4 nitrogen and oxygen atoms in total. The van der Waals surface area contributed by atoms with Gasteiger partial charge in [-0.3, -0.25) is 4.79 Å². The maximum atomic E-state index is 13.5. The molecule has 0 saturated heterocycles. The smallest absolute Gasteiger partial charge is 0.232 e. The van der Waals surface area contributed by atoms with Gasteiger partial charge in [-0.2, -0.15) is 0 Å². The van der Waals surface area contributed by atoms with Crippen LogP contribution in [-0.2, 0) is 17.6 Å². The van der Waals surface area contributed by atoms with Crippen LogP contribution in [0.4, 0.5) is 5.69 Å². The molecule has 4 rings (SSSR count). The third kappa shape index (κ3) is 4.22. The number of ether oxygens (including phenoxy) is 2. The van der Waals surface area contributed by atoms with E-state index in [0.29, 0.717) is 25.4 Å². The molecule has 32 heavy (non-hydrogen) atoms. The fraction of sp³-hybridized carbons (Fsp3) is 0.321. The van der Waals surface area contributed by atoms with Crippen molar-refractivity contribution in [1.82, 2.24) is 0 Å². The molecule has 0 aromatic heterocycles. The highest BCUT2D eigenvalue weighted by Gasteiger charge is 2.36. The van der Waals surface area contributed by atoms with Gasteiger partial charge in [-0.15, -0.1) is 0 Å². The number of rotatable bonds is 7. The monoisotopic (exact) mass is 429 g/mol. The van der Waals surface area contributed by atoms with E-state index in [2.05, 4.69) is 56.3 Å². The summed E-state index contributed by atoms with van der Waals surface area (Å²) in [6.07, 6.45) is 1.31. The maximum Gasteiger partial charge on any atom is 0.232 e. The van der Waals surface area contributed by atoms with Crippen molar-refractivity contribution in [1.29, 1.82) is 0 Å². The second-order valence-corrected chi connectivity index (χ2v) is 8.14. The quantitative estimate of drug-likeness (QED) is 0.460. The molecular formula is C28H31NO3. The first kappa shape index (κ1) is 21.9. The Hall–Kier alpha value is -3.27. The number of aryl methyl sites for hydroxylation is 2. The van der Waals surface area contributed by atoms with Crippen molar-refractivity contribution >= 4 is 11.6 Å². The van der Waals surface area contributed by atoms with E-state index in [9.17, 15) is 4.79 Å². The van der Waals surface area contributed by atoms with Crippen LogP contribution in [0.3, 0.4) is 0 Å². The SMILES string of the molecule is CCOc1cc2c(cc1OCC)[C@@H](c1ccc(CC)cc1)N(c1ccc(C)cc1)C(=O)C2. The zero-order valence-corrected chi connectivity index (χ0v) is 19.4. The number of anilines is 1. The van der Waals surface area contributed by atoms with Crippen molar-refractivity contribution in [3.05, 3.63) is 88.5 Å². The molecule has 4 heteroatoms. The number of hydrogen-bond acceptors (Lipinski definition) is 3. The molecule has 1 aliphatic rings. The molecule has 0 fully saturated rings. The van der Waals surface area contributed by atoms with E-state index in [1.807, 2.05) is 36.9 Å². The molecule has 3 aromatic carbocycles. The summed E-state index contributed by atoms with van der Waals surface area (Å²) in [5, 5.41) is 0. The minimum atomic E-state index is -0.227. The van der Waals surface area contributed by atoms with Gasteiger partial charge in [0.2, 0.25) is 5.91 Å². The van der Waals surface area contributed by atoms with Gasteiger partial charge in [-0.25, -0.2) is 0 Å². The molecule has 0 spiro atoms. The van der Waals surface area contributed by atoms with Gasteiger partial charge in [0, 0.05) is 5.69 Å². The van der Waals surface area contributed by atoms with E-state index >= 15 is 0 Å². The zero-order valence-electron chi connectivity index (χ0n) is 19.4. The Bertz CT molecular complexity index is 1090. The van der Waals surface area contributed by atoms with Crippen molar-refractivity contribution < 1.29 is 14.3 Å². The molecule has 0 radical (unpaired) electrons. The standard InChI is InChI=1S/C28H31NO3/c1-5-20-10-12-21(13-11-20)28-24-18-26(32-7-3)25(31-6-2)16-22(24)17-27(30)29(28)23-14-8-19(4)9-15-23/h8-16,18,28H,5-7,17H2,1-4H3/t28-/m1/s1. The molecule has 0 bridgehead atoms. The topological polar surface area (TPSA) is 38.8 Å². The van der Waals surface area contributed by atoms with Crippen LogP contribution in [-0.4, -0.2) is 19.1 Å². The molecule has 1 atom stereocenters.